The van der Waals surface area contributed by atoms with Crippen LogP contribution in [-0.4, -0.2) is 42.2 Å². The standard InChI is InChI=1S/C21H26N4O/c1-2-20(26)25-12-10-17(22)21-18(9-11-23-19(21)13-25)24-16-7-5-15(6-8-16)14-3-4-14/h2,5-8,14,19,23H,1,3-4,9-13,22H2. The molecule has 0 radical (unpaired) electrons. The van der Waals surface area contributed by atoms with Gasteiger partial charge < -0.3 is 16.0 Å². The number of benzene rings is 1. The molecule has 1 unspecified atom stereocenters. The monoisotopic (exact) mass is 350 g/mol. The van der Waals surface area contributed by atoms with Crippen LogP contribution in [0.5, 0.6) is 0 Å². The summed E-state index contributed by atoms with van der Waals surface area (Å²) in [6.45, 7) is 5.69. The maximum absolute atomic E-state index is 12.1. The molecular weight excluding hydrogens is 324 g/mol. The number of nitrogens with one attached hydrogen (secondary N) is 1. The van der Waals surface area contributed by atoms with Crippen LogP contribution in [0.4, 0.5) is 5.69 Å². The molecule has 1 amide bonds. The molecule has 1 saturated heterocycles. The molecule has 1 aromatic rings. The second-order valence-electron chi connectivity index (χ2n) is 7.36. The zero-order valence-electron chi connectivity index (χ0n) is 15.1. The maximum atomic E-state index is 12.1. The molecular formula is C21H26N4O. The summed E-state index contributed by atoms with van der Waals surface area (Å²) in [6.07, 6.45) is 5.52. The number of nitrogens with zero attached hydrogens (tertiary/aromatic N) is 2. The van der Waals surface area contributed by atoms with E-state index in [0.717, 1.165) is 41.6 Å². The van der Waals surface area contributed by atoms with Gasteiger partial charge in [-0.1, -0.05) is 18.7 Å². The highest BCUT2D eigenvalue weighted by molar-refractivity contribution is 6.04. The second-order valence-corrected chi connectivity index (χ2v) is 7.36. The number of hydrogen-bond donors (Lipinski definition) is 2. The van der Waals surface area contributed by atoms with Crippen molar-refractivity contribution in [2.45, 2.75) is 37.6 Å². The van der Waals surface area contributed by atoms with Gasteiger partial charge in [-0.05, 0) is 42.5 Å². The van der Waals surface area contributed by atoms with Crippen molar-refractivity contribution in [1.29, 1.82) is 0 Å². The average Bonchev–Trinajstić information content (AvgIpc) is 3.50. The van der Waals surface area contributed by atoms with Gasteiger partial charge in [-0.3, -0.25) is 9.79 Å². The van der Waals surface area contributed by atoms with Crippen LogP contribution in [0.1, 0.15) is 37.2 Å². The van der Waals surface area contributed by atoms with Crippen molar-refractivity contribution in [2.24, 2.45) is 10.7 Å². The molecule has 2 aliphatic heterocycles. The lowest BCUT2D eigenvalue weighted by atomic mass is 9.93. The SMILES string of the molecule is C=CC(=O)N1CCC(N)=C2C(=Nc3ccc(C4CC4)cc3)CCNC2C1. The minimum atomic E-state index is -0.0411. The minimum Gasteiger partial charge on any atom is -0.402 e. The highest BCUT2D eigenvalue weighted by Gasteiger charge is 2.31. The largest absolute Gasteiger partial charge is 0.402 e. The molecule has 2 heterocycles. The topological polar surface area (TPSA) is 70.7 Å². The Kier molecular flexibility index (Phi) is 4.64. The first-order chi connectivity index (χ1) is 12.7. The highest BCUT2D eigenvalue weighted by Crippen LogP contribution is 2.40. The van der Waals surface area contributed by atoms with Crippen molar-refractivity contribution in [1.82, 2.24) is 10.2 Å². The molecule has 1 aliphatic carbocycles. The number of carbonyl (C=O) groups is 1. The van der Waals surface area contributed by atoms with Crippen LogP contribution in [0.15, 0.2) is 53.2 Å². The Balaban J connectivity index is 1.60. The fourth-order valence-electron chi connectivity index (χ4n) is 3.91. The molecule has 4 rings (SSSR count). The fraction of sp³-hybridized carbons (Fsp3) is 0.429. The predicted molar refractivity (Wildman–Crippen MR) is 105 cm³/mol. The first-order valence-electron chi connectivity index (χ1n) is 9.47. The zero-order valence-corrected chi connectivity index (χ0v) is 15.1. The Labute approximate surface area is 154 Å². The number of fused-ring (bicyclic) bond motifs is 1. The fourth-order valence-corrected chi connectivity index (χ4v) is 3.91. The summed E-state index contributed by atoms with van der Waals surface area (Å²) in [6, 6.07) is 8.66. The van der Waals surface area contributed by atoms with Gasteiger partial charge in [0.25, 0.3) is 0 Å². The van der Waals surface area contributed by atoms with Crippen LogP contribution in [0.3, 0.4) is 0 Å². The van der Waals surface area contributed by atoms with E-state index in [9.17, 15) is 4.79 Å². The summed E-state index contributed by atoms with van der Waals surface area (Å²) in [5.74, 6) is 0.717. The van der Waals surface area contributed by atoms with Crippen molar-refractivity contribution < 1.29 is 4.79 Å². The molecule has 26 heavy (non-hydrogen) atoms. The second kappa shape index (κ2) is 7.08. The smallest absolute Gasteiger partial charge is 0.246 e. The number of nitrogens with two attached hydrogens (primary N) is 1. The van der Waals surface area contributed by atoms with E-state index in [1.807, 2.05) is 4.90 Å². The van der Waals surface area contributed by atoms with Crippen molar-refractivity contribution in [2.75, 3.05) is 19.6 Å². The highest BCUT2D eigenvalue weighted by atomic mass is 16.2. The van der Waals surface area contributed by atoms with Gasteiger partial charge in [-0.15, -0.1) is 0 Å². The third-order valence-corrected chi connectivity index (χ3v) is 5.50. The lowest BCUT2D eigenvalue weighted by Gasteiger charge is -2.31. The Morgan fingerprint density at radius 2 is 2.04 bits per heavy atom. The van der Waals surface area contributed by atoms with Gasteiger partial charge >= 0.3 is 0 Å². The molecule has 2 fully saturated rings. The van der Waals surface area contributed by atoms with E-state index in [-0.39, 0.29) is 11.9 Å². The third-order valence-electron chi connectivity index (χ3n) is 5.50. The van der Waals surface area contributed by atoms with Crippen LogP contribution in [0.2, 0.25) is 0 Å². The van der Waals surface area contributed by atoms with Gasteiger partial charge in [0, 0.05) is 49.5 Å². The van der Waals surface area contributed by atoms with Gasteiger partial charge in [0.1, 0.15) is 0 Å². The average molecular weight is 350 g/mol. The number of aliphatic imine (C=N–C) groups is 1. The van der Waals surface area contributed by atoms with E-state index in [4.69, 9.17) is 10.7 Å². The zero-order chi connectivity index (χ0) is 18.1. The molecule has 3 aliphatic rings. The number of piperidine rings is 1. The van der Waals surface area contributed by atoms with Crippen LogP contribution >= 0.6 is 0 Å². The first kappa shape index (κ1) is 17.0. The molecule has 5 nitrogen and oxygen atoms in total. The van der Waals surface area contributed by atoms with Crippen molar-refractivity contribution in [3.8, 4) is 0 Å². The molecule has 0 spiro atoms. The summed E-state index contributed by atoms with van der Waals surface area (Å²) < 4.78 is 0. The molecule has 1 aromatic carbocycles. The van der Waals surface area contributed by atoms with E-state index in [1.165, 1.54) is 24.5 Å². The molecule has 0 bridgehead atoms. The van der Waals surface area contributed by atoms with E-state index < -0.39 is 0 Å². The van der Waals surface area contributed by atoms with Gasteiger partial charge in [-0.25, -0.2) is 0 Å². The van der Waals surface area contributed by atoms with Crippen molar-refractivity contribution in [3.63, 3.8) is 0 Å². The van der Waals surface area contributed by atoms with E-state index in [2.05, 4.69) is 36.2 Å². The summed E-state index contributed by atoms with van der Waals surface area (Å²) >= 11 is 0. The molecule has 5 heteroatoms. The number of hydrogen-bond acceptors (Lipinski definition) is 4. The van der Waals surface area contributed by atoms with Crippen molar-refractivity contribution >= 4 is 17.3 Å². The maximum Gasteiger partial charge on any atom is 0.246 e. The van der Waals surface area contributed by atoms with Gasteiger partial charge in [0.2, 0.25) is 5.91 Å². The normalized spacial score (nSPS) is 25.0. The summed E-state index contributed by atoms with van der Waals surface area (Å²) in [4.78, 5) is 18.8. The van der Waals surface area contributed by atoms with E-state index in [0.29, 0.717) is 19.5 Å². The molecule has 0 aromatic heterocycles. The van der Waals surface area contributed by atoms with Gasteiger partial charge in [0.05, 0.1) is 11.7 Å². The van der Waals surface area contributed by atoms with E-state index in [1.54, 1.807) is 0 Å². The Hall–Kier alpha value is -2.40. The Morgan fingerprint density at radius 1 is 1.27 bits per heavy atom. The van der Waals surface area contributed by atoms with Crippen LogP contribution in [0.25, 0.3) is 0 Å². The Bertz CT molecular complexity index is 774. The van der Waals surface area contributed by atoms with Gasteiger partial charge in [0.15, 0.2) is 0 Å². The number of amides is 1. The summed E-state index contributed by atoms with van der Waals surface area (Å²) in [7, 11) is 0. The summed E-state index contributed by atoms with van der Waals surface area (Å²) in [5, 5.41) is 3.50. The van der Waals surface area contributed by atoms with Crippen LogP contribution < -0.4 is 11.1 Å². The molecule has 1 saturated carbocycles. The third kappa shape index (κ3) is 3.44. The van der Waals surface area contributed by atoms with Gasteiger partial charge in [-0.2, -0.15) is 0 Å². The first-order valence-corrected chi connectivity index (χ1v) is 9.47. The quantitative estimate of drug-likeness (QED) is 0.823. The number of carbonyl (C=O) groups excluding carboxylic acids is 1. The number of rotatable bonds is 3. The minimum absolute atomic E-state index is 0.0411. The Morgan fingerprint density at radius 3 is 2.73 bits per heavy atom. The van der Waals surface area contributed by atoms with Crippen LogP contribution in [-0.2, 0) is 4.79 Å². The van der Waals surface area contributed by atoms with Crippen LogP contribution in [0, 0.1) is 0 Å². The van der Waals surface area contributed by atoms with Crippen molar-refractivity contribution in [3.05, 3.63) is 53.8 Å². The van der Waals surface area contributed by atoms with E-state index >= 15 is 0 Å². The lowest BCUT2D eigenvalue weighted by molar-refractivity contribution is -0.126. The lowest BCUT2D eigenvalue weighted by Crippen LogP contribution is -2.48. The molecule has 3 N–H and O–H groups in total. The summed E-state index contributed by atoms with van der Waals surface area (Å²) in [5.41, 5.74) is 11.8. The molecule has 136 valence electrons. The molecule has 1 atom stereocenters. The predicted octanol–water partition coefficient (Wildman–Crippen LogP) is 2.63.